The van der Waals surface area contributed by atoms with Gasteiger partial charge in [0.1, 0.15) is 0 Å². The first-order chi connectivity index (χ1) is 6.32. The largest absolute Gasteiger partial charge is 0.472 e. The van der Waals surface area contributed by atoms with Gasteiger partial charge in [0.2, 0.25) is 0 Å². The Morgan fingerprint density at radius 3 is 2.50 bits per heavy atom. The first-order valence-corrected chi connectivity index (χ1v) is 4.59. The van der Waals surface area contributed by atoms with Crippen LogP contribution >= 0.6 is 24.0 Å². The highest BCUT2D eigenvalue weighted by atomic mass is 32.2. The van der Waals surface area contributed by atoms with Gasteiger partial charge in [-0.1, -0.05) is 24.0 Å². The van der Waals surface area contributed by atoms with Gasteiger partial charge in [0.25, 0.3) is 5.91 Å². The van der Waals surface area contributed by atoms with E-state index in [1.807, 2.05) is 0 Å². The number of halogens is 3. The molecule has 1 aliphatic rings. The van der Waals surface area contributed by atoms with Crippen LogP contribution in [0.3, 0.4) is 0 Å². The Hall–Kier alpha value is -0.830. The number of hydrogen-bond acceptors (Lipinski definition) is 4. The molecule has 14 heavy (non-hydrogen) atoms. The number of alkyl halides is 3. The molecule has 1 heterocycles. The van der Waals surface area contributed by atoms with Gasteiger partial charge in [0.05, 0.1) is 5.75 Å². The lowest BCUT2D eigenvalue weighted by Gasteiger charge is -2.16. The predicted molar refractivity (Wildman–Crippen MR) is 46.1 cm³/mol. The van der Waals surface area contributed by atoms with Crippen LogP contribution in [0.2, 0.25) is 0 Å². The van der Waals surface area contributed by atoms with E-state index in [9.17, 15) is 22.8 Å². The molecule has 2 amide bonds. The van der Waals surface area contributed by atoms with Crippen LogP contribution in [0.1, 0.15) is 0 Å². The zero-order valence-corrected chi connectivity index (χ0v) is 8.05. The fourth-order valence-corrected chi connectivity index (χ4v) is 1.60. The van der Waals surface area contributed by atoms with Crippen LogP contribution in [0.4, 0.5) is 13.2 Å². The Morgan fingerprint density at radius 1 is 1.57 bits per heavy atom. The zero-order valence-electron chi connectivity index (χ0n) is 6.42. The van der Waals surface area contributed by atoms with E-state index in [1.54, 1.807) is 0 Å². The molecule has 0 radical (unpaired) electrons. The Balaban J connectivity index is 2.65. The average Bonchev–Trinajstić information content (AvgIpc) is 2.34. The maximum absolute atomic E-state index is 11.8. The van der Waals surface area contributed by atoms with E-state index in [0.717, 1.165) is 11.8 Å². The lowest BCUT2D eigenvalue weighted by molar-refractivity contribution is -0.177. The number of nitrogens with one attached hydrogen (secondary N) is 1. The molecule has 0 aromatic heterocycles. The Bertz CT molecular complexity index is 288. The molecule has 0 aliphatic carbocycles. The van der Waals surface area contributed by atoms with Crippen LogP contribution in [0, 0.1) is 0 Å². The summed E-state index contributed by atoms with van der Waals surface area (Å²) in [6, 6.07) is 0. The van der Waals surface area contributed by atoms with Crippen LogP contribution in [-0.4, -0.2) is 33.1 Å². The van der Waals surface area contributed by atoms with Gasteiger partial charge in [-0.2, -0.15) is 13.2 Å². The molecule has 1 N–H and O–H groups in total. The quantitative estimate of drug-likeness (QED) is 0.680. The Kier molecular flexibility index (Phi) is 3.00. The van der Waals surface area contributed by atoms with E-state index in [2.05, 4.69) is 12.2 Å². The van der Waals surface area contributed by atoms with E-state index < -0.39 is 18.0 Å². The van der Waals surface area contributed by atoms with Gasteiger partial charge in [0.15, 0.2) is 4.32 Å². The maximum Gasteiger partial charge on any atom is 0.472 e. The topological polar surface area (TPSA) is 49.4 Å². The average molecular weight is 244 g/mol. The molecule has 0 bridgehead atoms. The molecule has 0 aromatic carbocycles. The first-order valence-electron chi connectivity index (χ1n) is 3.20. The monoisotopic (exact) mass is 244 g/mol. The molecule has 0 spiro atoms. The van der Waals surface area contributed by atoms with E-state index in [0.29, 0.717) is 5.01 Å². The summed E-state index contributed by atoms with van der Waals surface area (Å²) >= 11 is 5.44. The molecule has 1 aliphatic heterocycles. The summed E-state index contributed by atoms with van der Waals surface area (Å²) in [5.74, 6) is -2.94. The number of nitrogens with zero attached hydrogens (tertiary/aromatic N) is 1. The summed E-state index contributed by atoms with van der Waals surface area (Å²) in [6.45, 7) is 0. The fraction of sp³-hybridized carbons (Fsp3) is 0.400. The summed E-state index contributed by atoms with van der Waals surface area (Å²) in [6.07, 6.45) is -5.02. The summed E-state index contributed by atoms with van der Waals surface area (Å²) in [4.78, 5) is 21.3. The van der Waals surface area contributed by atoms with Crippen molar-refractivity contribution in [2.75, 3.05) is 5.75 Å². The summed E-state index contributed by atoms with van der Waals surface area (Å²) < 4.78 is 35.2. The number of thioether (sulfide) groups is 1. The SMILES string of the molecule is O=C1CSC(=S)N1NC(=O)C(F)(F)F. The Morgan fingerprint density at radius 2 is 2.14 bits per heavy atom. The number of hydrazine groups is 1. The minimum Gasteiger partial charge on any atom is -0.272 e. The van der Waals surface area contributed by atoms with E-state index in [4.69, 9.17) is 0 Å². The van der Waals surface area contributed by atoms with Crippen molar-refractivity contribution in [1.82, 2.24) is 10.4 Å². The van der Waals surface area contributed by atoms with Crippen molar-refractivity contribution < 1.29 is 22.8 Å². The van der Waals surface area contributed by atoms with Gasteiger partial charge < -0.3 is 0 Å². The molecule has 1 rings (SSSR count). The molecular formula is C5H3F3N2O2S2. The Labute approximate surface area is 85.8 Å². The van der Waals surface area contributed by atoms with Crippen molar-refractivity contribution in [3.05, 3.63) is 0 Å². The van der Waals surface area contributed by atoms with Crippen LogP contribution in [0.25, 0.3) is 0 Å². The summed E-state index contributed by atoms with van der Waals surface area (Å²) in [7, 11) is 0. The highest BCUT2D eigenvalue weighted by Crippen LogP contribution is 2.19. The normalized spacial score (nSPS) is 17.5. The summed E-state index contributed by atoms with van der Waals surface area (Å²) in [5.41, 5.74) is 1.38. The number of carbonyl (C=O) groups excluding carboxylic acids is 2. The number of thiocarbonyl (C=S) groups is 1. The lowest BCUT2D eigenvalue weighted by Crippen LogP contribution is -2.50. The highest BCUT2D eigenvalue weighted by Gasteiger charge is 2.42. The van der Waals surface area contributed by atoms with Gasteiger partial charge in [-0.15, -0.1) is 0 Å². The minimum absolute atomic E-state index is 0.0586. The van der Waals surface area contributed by atoms with Gasteiger partial charge in [-0.05, 0) is 0 Å². The smallest absolute Gasteiger partial charge is 0.272 e. The molecule has 78 valence electrons. The number of carbonyl (C=O) groups is 2. The molecule has 9 heteroatoms. The molecule has 0 saturated carbocycles. The first kappa shape index (κ1) is 11.2. The second-order valence-corrected chi connectivity index (χ2v) is 3.83. The van der Waals surface area contributed by atoms with Gasteiger partial charge in [0, 0.05) is 0 Å². The number of hydrogen-bond donors (Lipinski definition) is 1. The van der Waals surface area contributed by atoms with Crippen molar-refractivity contribution in [2.24, 2.45) is 0 Å². The number of rotatable bonds is 1. The van der Waals surface area contributed by atoms with Crippen molar-refractivity contribution in [2.45, 2.75) is 6.18 Å². The molecule has 0 aromatic rings. The molecule has 0 atom stereocenters. The maximum atomic E-state index is 11.8. The third-order valence-corrected chi connectivity index (χ3v) is 2.58. The van der Waals surface area contributed by atoms with E-state index in [-0.39, 0.29) is 10.1 Å². The second-order valence-electron chi connectivity index (χ2n) is 2.22. The van der Waals surface area contributed by atoms with Crippen molar-refractivity contribution in [3.63, 3.8) is 0 Å². The van der Waals surface area contributed by atoms with E-state index in [1.165, 1.54) is 5.43 Å². The summed E-state index contributed by atoms with van der Waals surface area (Å²) in [5, 5.41) is 0.426. The lowest BCUT2D eigenvalue weighted by atomic mass is 10.6. The molecule has 1 fully saturated rings. The van der Waals surface area contributed by atoms with Crippen LogP contribution in [0.5, 0.6) is 0 Å². The van der Waals surface area contributed by atoms with Crippen molar-refractivity contribution in [3.8, 4) is 0 Å². The molecule has 1 saturated heterocycles. The van der Waals surface area contributed by atoms with Crippen LogP contribution < -0.4 is 5.43 Å². The predicted octanol–water partition coefficient (Wildman–Crippen LogP) is 0.440. The van der Waals surface area contributed by atoms with Crippen LogP contribution in [0.15, 0.2) is 0 Å². The van der Waals surface area contributed by atoms with Gasteiger partial charge in [-0.3, -0.25) is 15.0 Å². The standard InChI is InChI=1S/C5H3F3N2O2S2/c6-5(7,8)3(12)9-10-2(11)1-14-4(10)13/h1H2,(H,9,12). The third kappa shape index (κ3) is 2.35. The van der Waals surface area contributed by atoms with Crippen LogP contribution in [-0.2, 0) is 9.59 Å². The van der Waals surface area contributed by atoms with Crippen molar-refractivity contribution in [1.29, 1.82) is 0 Å². The van der Waals surface area contributed by atoms with Gasteiger partial charge in [-0.25, -0.2) is 5.01 Å². The number of amides is 2. The zero-order chi connectivity index (χ0) is 10.9. The minimum atomic E-state index is -5.02. The molecule has 0 unspecified atom stereocenters. The fourth-order valence-electron chi connectivity index (χ4n) is 0.627. The molecular weight excluding hydrogens is 241 g/mol. The van der Waals surface area contributed by atoms with E-state index >= 15 is 0 Å². The molecule has 4 nitrogen and oxygen atoms in total. The highest BCUT2D eigenvalue weighted by molar-refractivity contribution is 8.23. The van der Waals surface area contributed by atoms with Crippen molar-refractivity contribution >= 4 is 40.1 Å². The van der Waals surface area contributed by atoms with Gasteiger partial charge >= 0.3 is 12.1 Å². The third-order valence-electron chi connectivity index (χ3n) is 1.22. The second kappa shape index (κ2) is 3.73.